The minimum absolute atomic E-state index is 0.795. The average molecular weight is 211 g/mol. The summed E-state index contributed by atoms with van der Waals surface area (Å²) >= 11 is 0. The molecular weight excluding hydrogens is 186 g/mol. The molecule has 0 aromatic rings. The highest BCUT2D eigenvalue weighted by Crippen LogP contribution is 2.28. The van der Waals surface area contributed by atoms with Crippen LogP contribution in [0.15, 0.2) is 0 Å². The number of rotatable bonds is 7. The Balaban J connectivity index is 1.38. The molecule has 2 aliphatic rings. The molecule has 0 saturated heterocycles. The van der Waals surface area contributed by atoms with Crippen LogP contribution in [-0.2, 0) is 4.74 Å². The molecule has 0 heterocycles. The van der Waals surface area contributed by atoms with Crippen LogP contribution in [0.25, 0.3) is 0 Å². The molecule has 1 N–H and O–H groups in total. The fraction of sp³-hybridized carbons (Fsp3) is 1.00. The van der Waals surface area contributed by atoms with Crippen LogP contribution in [0.2, 0.25) is 0 Å². The Morgan fingerprint density at radius 1 is 1.20 bits per heavy atom. The minimum Gasteiger partial charge on any atom is -0.381 e. The van der Waals surface area contributed by atoms with Crippen molar-refractivity contribution in [3.05, 3.63) is 0 Å². The molecule has 2 fully saturated rings. The van der Waals surface area contributed by atoms with Crippen LogP contribution in [-0.4, -0.2) is 25.8 Å². The molecule has 2 saturated carbocycles. The van der Waals surface area contributed by atoms with Crippen molar-refractivity contribution in [2.45, 2.75) is 51.5 Å². The van der Waals surface area contributed by atoms with Gasteiger partial charge in [-0.25, -0.2) is 0 Å². The van der Waals surface area contributed by atoms with Crippen molar-refractivity contribution in [2.75, 3.05) is 19.8 Å². The van der Waals surface area contributed by atoms with Crippen LogP contribution in [0, 0.1) is 11.8 Å². The van der Waals surface area contributed by atoms with Gasteiger partial charge in [0.05, 0.1) is 0 Å². The summed E-state index contributed by atoms with van der Waals surface area (Å²) in [5, 5.41) is 3.64. The van der Waals surface area contributed by atoms with Gasteiger partial charge in [0.1, 0.15) is 0 Å². The summed E-state index contributed by atoms with van der Waals surface area (Å²) in [6.45, 7) is 5.47. The highest BCUT2D eigenvalue weighted by Gasteiger charge is 2.21. The standard InChI is InChI=1S/C13H25NO/c1-11-3-6-13(9-11)14-7-2-8-15-10-12-4-5-12/h11-14H,2-10H2,1H3. The van der Waals surface area contributed by atoms with Gasteiger partial charge in [-0.3, -0.25) is 0 Å². The largest absolute Gasteiger partial charge is 0.381 e. The van der Waals surface area contributed by atoms with Crippen molar-refractivity contribution >= 4 is 0 Å². The van der Waals surface area contributed by atoms with E-state index in [-0.39, 0.29) is 0 Å². The van der Waals surface area contributed by atoms with E-state index in [4.69, 9.17) is 4.74 Å². The molecule has 2 atom stereocenters. The second-order valence-electron chi connectivity index (χ2n) is 5.44. The molecule has 2 unspecified atom stereocenters. The molecule has 0 amide bonds. The Hall–Kier alpha value is -0.0800. The molecule has 88 valence electrons. The minimum atomic E-state index is 0.795. The van der Waals surface area contributed by atoms with E-state index < -0.39 is 0 Å². The van der Waals surface area contributed by atoms with Crippen LogP contribution in [0.4, 0.5) is 0 Å². The van der Waals surface area contributed by atoms with E-state index in [1.807, 2.05) is 0 Å². The lowest BCUT2D eigenvalue weighted by molar-refractivity contribution is 0.121. The zero-order valence-corrected chi connectivity index (χ0v) is 10.0. The fourth-order valence-corrected chi connectivity index (χ4v) is 2.41. The average Bonchev–Trinajstić information content (AvgIpc) is 2.95. The van der Waals surface area contributed by atoms with E-state index in [2.05, 4.69) is 12.2 Å². The van der Waals surface area contributed by atoms with Crippen LogP contribution in [0.3, 0.4) is 0 Å². The number of ether oxygens (including phenoxy) is 1. The van der Waals surface area contributed by atoms with Crippen LogP contribution in [0.1, 0.15) is 45.4 Å². The second kappa shape index (κ2) is 5.86. The van der Waals surface area contributed by atoms with E-state index in [9.17, 15) is 0 Å². The first-order valence-corrected chi connectivity index (χ1v) is 6.65. The van der Waals surface area contributed by atoms with Gasteiger partial charge >= 0.3 is 0 Å². The Morgan fingerprint density at radius 3 is 2.73 bits per heavy atom. The van der Waals surface area contributed by atoms with Crippen LogP contribution < -0.4 is 5.32 Å². The van der Waals surface area contributed by atoms with Gasteiger partial charge in [0, 0.05) is 19.3 Å². The molecule has 0 bridgehead atoms. The quantitative estimate of drug-likeness (QED) is 0.654. The first-order valence-electron chi connectivity index (χ1n) is 6.65. The first-order chi connectivity index (χ1) is 7.34. The third kappa shape index (κ3) is 4.52. The predicted molar refractivity (Wildman–Crippen MR) is 63.0 cm³/mol. The van der Waals surface area contributed by atoms with Gasteiger partial charge in [-0.2, -0.15) is 0 Å². The maximum absolute atomic E-state index is 5.60. The van der Waals surface area contributed by atoms with Gasteiger partial charge in [0.25, 0.3) is 0 Å². The Bertz CT molecular complexity index is 179. The van der Waals surface area contributed by atoms with Crippen LogP contribution in [0.5, 0.6) is 0 Å². The second-order valence-corrected chi connectivity index (χ2v) is 5.44. The molecule has 0 radical (unpaired) electrons. The normalized spacial score (nSPS) is 31.0. The lowest BCUT2D eigenvalue weighted by Crippen LogP contribution is -2.28. The summed E-state index contributed by atoms with van der Waals surface area (Å²) in [6, 6.07) is 0.795. The molecule has 0 aliphatic heterocycles. The van der Waals surface area contributed by atoms with Gasteiger partial charge in [0.2, 0.25) is 0 Å². The van der Waals surface area contributed by atoms with Crippen molar-refractivity contribution in [1.82, 2.24) is 5.32 Å². The van der Waals surface area contributed by atoms with Crippen LogP contribution >= 0.6 is 0 Å². The molecule has 2 rings (SSSR count). The van der Waals surface area contributed by atoms with E-state index in [0.29, 0.717) is 0 Å². The highest BCUT2D eigenvalue weighted by molar-refractivity contribution is 4.78. The summed E-state index contributed by atoms with van der Waals surface area (Å²) in [5.41, 5.74) is 0. The zero-order chi connectivity index (χ0) is 10.5. The Morgan fingerprint density at radius 2 is 2.07 bits per heavy atom. The van der Waals surface area contributed by atoms with Gasteiger partial charge < -0.3 is 10.1 Å². The summed E-state index contributed by atoms with van der Waals surface area (Å²) in [6.07, 6.45) is 8.15. The van der Waals surface area contributed by atoms with Gasteiger partial charge in [0.15, 0.2) is 0 Å². The number of nitrogens with one attached hydrogen (secondary N) is 1. The SMILES string of the molecule is CC1CCC(NCCCOCC2CC2)C1. The highest BCUT2D eigenvalue weighted by atomic mass is 16.5. The predicted octanol–water partition coefficient (Wildman–Crippen LogP) is 2.58. The van der Waals surface area contributed by atoms with Crippen molar-refractivity contribution in [3.8, 4) is 0 Å². The maximum atomic E-state index is 5.60. The summed E-state index contributed by atoms with van der Waals surface area (Å²) in [4.78, 5) is 0. The summed E-state index contributed by atoms with van der Waals surface area (Å²) in [7, 11) is 0. The third-order valence-corrected chi connectivity index (χ3v) is 3.64. The molecule has 2 aliphatic carbocycles. The number of hydrogen-bond acceptors (Lipinski definition) is 2. The van der Waals surface area contributed by atoms with Crippen molar-refractivity contribution in [3.63, 3.8) is 0 Å². The van der Waals surface area contributed by atoms with E-state index in [1.54, 1.807) is 0 Å². The van der Waals surface area contributed by atoms with Gasteiger partial charge in [-0.1, -0.05) is 6.92 Å². The lowest BCUT2D eigenvalue weighted by Gasteiger charge is -2.12. The molecule has 15 heavy (non-hydrogen) atoms. The molecule has 2 nitrogen and oxygen atoms in total. The van der Waals surface area contributed by atoms with E-state index in [0.717, 1.165) is 37.6 Å². The number of hydrogen-bond donors (Lipinski definition) is 1. The lowest BCUT2D eigenvalue weighted by atomic mass is 10.1. The fourth-order valence-electron chi connectivity index (χ4n) is 2.41. The molecule has 2 heteroatoms. The molecular formula is C13H25NO. The monoisotopic (exact) mass is 211 g/mol. The van der Waals surface area contributed by atoms with Gasteiger partial charge in [-0.15, -0.1) is 0 Å². The topological polar surface area (TPSA) is 21.3 Å². The molecule has 0 aromatic heterocycles. The van der Waals surface area contributed by atoms with Crippen molar-refractivity contribution < 1.29 is 4.74 Å². The van der Waals surface area contributed by atoms with E-state index in [1.165, 1.54) is 38.5 Å². The summed E-state index contributed by atoms with van der Waals surface area (Å²) in [5.74, 6) is 1.85. The van der Waals surface area contributed by atoms with Crippen molar-refractivity contribution in [2.24, 2.45) is 11.8 Å². The van der Waals surface area contributed by atoms with E-state index >= 15 is 0 Å². The summed E-state index contributed by atoms with van der Waals surface area (Å²) < 4.78 is 5.60. The zero-order valence-electron chi connectivity index (χ0n) is 10.0. The molecule has 0 aromatic carbocycles. The molecule has 0 spiro atoms. The van der Waals surface area contributed by atoms with Crippen molar-refractivity contribution in [1.29, 1.82) is 0 Å². The Kier molecular flexibility index (Phi) is 4.45. The maximum Gasteiger partial charge on any atom is 0.0494 e. The smallest absolute Gasteiger partial charge is 0.0494 e. The van der Waals surface area contributed by atoms with Gasteiger partial charge in [-0.05, 0) is 56.9 Å². The Labute approximate surface area is 93.8 Å². The first kappa shape index (κ1) is 11.4. The third-order valence-electron chi connectivity index (χ3n) is 3.64.